The van der Waals surface area contributed by atoms with E-state index in [2.05, 4.69) is 41.4 Å². The summed E-state index contributed by atoms with van der Waals surface area (Å²) in [6.45, 7) is 0. The molecule has 110 valence electrons. The van der Waals surface area contributed by atoms with Crippen LogP contribution < -0.4 is 0 Å². The Bertz CT molecular complexity index is 823. The Labute approximate surface area is 135 Å². The summed E-state index contributed by atoms with van der Waals surface area (Å²) in [5.41, 5.74) is 4.24. The molecule has 0 N–H and O–H groups in total. The molecule has 1 aromatic heterocycles. The Morgan fingerprint density at radius 3 is 2.50 bits per heavy atom. The summed E-state index contributed by atoms with van der Waals surface area (Å²) in [5, 5.41) is 1.61. The van der Waals surface area contributed by atoms with E-state index in [4.69, 9.17) is 11.6 Å². The maximum Gasteiger partial charge on any atom is 0.130 e. The van der Waals surface area contributed by atoms with Gasteiger partial charge in [0.15, 0.2) is 0 Å². The molecule has 3 aromatic rings. The first-order chi connectivity index (χ1) is 10.6. The van der Waals surface area contributed by atoms with Gasteiger partial charge in [0.25, 0.3) is 0 Å². The molecule has 0 aliphatic heterocycles. The molecule has 2 nitrogen and oxygen atoms in total. The third kappa shape index (κ3) is 2.97. The average Bonchev–Trinajstić information content (AvgIpc) is 2.52. The van der Waals surface area contributed by atoms with E-state index in [-0.39, 0.29) is 0 Å². The van der Waals surface area contributed by atoms with Crippen LogP contribution in [0.4, 0.5) is 0 Å². The van der Waals surface area contributed by atoms with Crippen LogP contribution in [0.5, 0.6) is 0 Å². The van der Waals surface area contributed by atoms with Gasteiger partial charge in [0.2, 0.25) is 0 Å². The number of halogens is 1. The lowest BCUT2D eigenvalue weighted by Gasteiger charge is -2.10. The number of fused-ring (bicyclic) bond motifs is 1. The van der Waals surface area contributed by atoms with Crippen LogP contribution in [-0.2, 0) is 0 Å². The lowest BCUT2D eigenvalue weighted by atomic mass is 10.00. The molecule has 0 radical (unpaired) electrons. The van der Waals surface area contributed by atoms with Gasteiger partial charge in [-0.1, -0.05) is 60.1 Å². The van der Waals surface area contributed by atoms with Crippen LogP contribution in [0.25, 0.3) is 28.1 Å². The van der Waals surface area contributed by atoms with Crippen molar-refractivity contribution in [1.29, 1.82) is 0 Å². The number of nitrogens with zero attached hydrogens (tertiary/aromatic N) is 2. The van der Waals surface area contributed by atoms with Crippen LogP contribution in [0.3, 0.4) is 0 Å². The van der Waals surface area contributed by atoms with Crippen LogP contribution in [0, 0.1) is 0 Å². The van der Waals surface area contributed by atoms with Gasteiger partial charge in [-0.3, -0.25) is 0 Å². The van der Waals surface area contributed by atoms with Gasteiger partial charge in [0, 0.05) is 25.0 Å². The molecule has 0 unspecified atom stereocenters. The second kappa shape index (κ2) is 6.20. The number of benzene rings is 2. The fourth-order valence-corrected chi connectivity index (χ4v) is 2.66. The highest BCUT2D eigenvalue weighted by atomic mass is 35.5. The van der Waals surface area contributed by atoms with E-state index in [1.807, 2.05) is 49.5 Å². The molecule has 3 heteroatoms. The quantitative estimate of drug-likeness (QED) is 0.627. The molecule has 0 saturated carbocycles. The zero-order valence-electron chi connectivity index (χ0n) is 12.6. The molecule has 0 aliphatic carbocycles. The van der Waals surface area contributed by atoms with Crippen molar-refractivity contribution in [2.24, 2.45) is 0 Å². The Balaban J connectivity index is 2.25. The highest BCUT2D eigenvalue weighted by Crippen LogP contribution is 2.31. The van der Waals surface area contributed by atoms with E-state index in [0.717, 1.165) is 27.6 Å². The number of hydrogen-bond acceptors (Lipinski definition) is 2. The van der Waals surface area contributed by atoms with E-state index in [0.29, 0.717) is 5.15 Å². The largest absolute Gasteiger partial charge is 0.383 e. The van der Waals surface area contributed by atoms with Gasteiger partial charge in [-0.2, -0.15) is 0 Å². The van der Waals surface area contributed by atoms with Crippen molar-refractivity contribution in [3.8, 4) is 11.1 Å². The number of rotatable bonds is 3. The first-order valence-corrected chi connectivity index (χ1v) is 7.52. The van der Waals surface area contributed by atoms with Gasteiger partial charge in [0.05, 0.1) is 5.52 Å². The van der Waals surface area contributed by atoms with E-state index in [9.17, 15) is 0 Å². The van der Waals surface area contributed by atoms with Gasteiger partial charge in [-0.15, -0.1) is 0 Å². The van der Waals surface area contributed by atoms with E-state index < -0.39 is 0 Å². The van der Waals surface area contributed by atoms with Gasteiger partial charge in [0.1, 0.15) is 5.15 Å². The van der Waals surface area contributed by atoms with Crippen molar-refractivity contribution in [2.75, 3.05) is 14.1 Å². The maximum atomic E-state index is 6.24. The Morgan fingerprint density at radius 1 is 1.00 bits per heavy atom. The maximum absolute atomic E-state index is 6.24. The van der Waals surface area contributed by atoms with E-state index in [1.165, 1.54) is 0 Å². The van der Waals surface area contributed by atoms with Crippen LogP contribution in [-0.4, -0.2) is 24.0 Å². The fraction of sp³-hybridized carbons (Fsp3) is 0.105. The highest BCUT2D eigenvalue weighted by Gasteiger charge is 2.08. The molecule has 0 spiro atoms. The Morgan fingerprint density at radius 2 is 1.77 bits per heavy atom. The van der Waals surface area contributed by atoms with Gasteiger partial charge in [-0.05, 0) is 29.5 Å². The summed E-state index contributed by atoms with van der Waals surface area (Å²) in [7, 11) is 3.99. The van der Waals surface area contributed by atoms with Gasteiger partial charge in [-0.25, -0.2) is 4.98 Å². The van der Waals surface area contributed by atoms with Crippen molar-refractivity contribution in [1.82, 2.24) is 9.88 Å². The summed E-state index contributed by atoms with van der Waals surface area (Å²) in [4.78, 5) is 6.56. The van der Waals surface area contributed by atoms with Crippen molar-refractivity contribution >= 4 is 28.6 Å². The van der Waals surface area contributed by atoms with Gasteiger partial charge >= 0.3 is 0 Å². The topological polar surface area (TPSA) is 16.1 Å². The second-order valence-electron chi connectivity index (χ2n) is 5.38. The third-order valence-electron chi connectivity index (χ3n) is 3.48. The third-order valence-corrected chi connectivity index (χ3v) is 3.67. The van der Waals surface area contributed by atoms with Crippen molar-refractivity contribution in [3.05, 3.63) is 71.5 Å². The molecule has 0 saturated heterocycles. The highest BCUT2D eigenvalue weighted by molar-refractivity contribution is 6.30. The van der Waals surface area contributed by atoms with Crippen molar-refractivity contribution in [2.45, 2.75) is 0 Å². The van der Waals surface area contributed by atoms with Crippen molar-refractivity contribution in [3.63, 3.8) is 0 Å². The van der Waals surface area contributed by atoms with Crippen LogP contribution in [0.1, 0.15) is 5.56 Å². The van der Waals surface area contributed by atoms with Crippen LogP contribution >= 0.6 is 11.6 Å². The second-order valence-corrected chi connectivity index (χ2v) is 5.77. The first-order valence-electron chi connectivity index (χ1n) is 7.14. The zero-order valence-corrected chi connectivity index (χ0v) is 13.4. The lowest BCUT2D eigenvalue weighted by molar-refractivity contribution is 0.567. The molecular formula is C19H17ClN2. The predicted octanol–water partition coefficient (Wildman–Crippen LogP) is 5.09. The van der Waals surface area contributed by atoms with Gasteiger partial charge < -0.3 is 4.90 Å². The Hall–Kier alpha value is -2.32. The summed E-state index contributed by atoms with van der Waals surface area (Å²) in [6, 6.07) is 18.4. The molecule has 0 atom stereocenters. The molecule has 2 aromatic carbocycles. The SMILES string of the molecule is CN(C)C=Cc1cc(Cl)nc2c(-c3ccccc3)cccc12. The first kappa shape index (κ1) is 14.6. The van der Waals surface area contributed by atoms with E-state index >= 15 is 0 Å². The predicted molar refractivity (Wildman–Crippen MR) is 94.9 cm³/mol. The molecule has 22 heavy (non-hydrogen) atoms. The molecule has 0 amide bonds. The van der Waals surface area contributed by atoms with Crippen molar-refractivity contribution < 1.29 is 0 Å². The van der Waals surface area contributed by atoms with E-state index in [1.54, 1.807) is 0 Å². The Kier molecular flexibility index (Phi) is 4.12. The minimum absolute atomic E-state index is 0.509. The standard InChI is InChI=1S/C19H17ClN2/c1-22(2)12-11-15-13-18(20)21-19-16(9-6-10-17(15)19)14-7-4-3-5-8-14/h3-13H,1-2H3. The molecule has 0 fully saturated rings. The molecule has 0 bridgehead atoms. The van der Waals surface area contributed by atoms with Crippen LogP contribution in [0.15, 0.2) is 60.8 Å². The number of aromatic nitrogens is 1. The summed E-state index contributed by atoms with van der Waals surface area (Å²) >= 11 is 6.24. The number of pyridine rings is 1. The number of para-hydroxylation sites is 1. The minimum atomic E-state index is 0.509. The number of hydrogen-bond donors (Lipinski definition) is 0. The normalized spacial score (nSPS) is 11.2. The molecule has 1 heterocycles. The molecular weight excluding hydrogens is 292 g/mol. The summed E-state index contributed by atoms with van der Waals surface area (Å²) in [5.74, 6) is 0. The molecule has 3 rings (SSSR count). The monoisotopic (exact) mass is 308 g/mol. The molecule has 0 aliphatic rings. The van der Waals surface area contributed by atoms with Crippen LogP contribution in [0.2, 0.25) is 5.15 Å². The lowest BCUT2D eigenvalue weighted by Crippen LogP contribution is -1.99. The fourth-order valence-electron chi connectivity index (χ4n) is 2.46. The summed E-state index contributed by atoms with van der Waals surface area (Å²) in [6.07, 6.45) is 4.07. The zero-order chi connectivity index (χ0) is 15.5. The summed E-state index contributed by atoms with van der Waals surface area (Å²) < 4.78 is 0. The smallest absolute Gasteiger partial charge is 0.130 e. The minimum Gasteiger partial charge on any atom is -0.383 e. The average molecular weight is 309 g/mol.